The highest BCUT2D eigenvalue weighted by Gasteiger charge is 2.21. The van der Waals surface area contributed by atoms with Gasteiger partial charge in [-0.2, -0.15) is 0 Å². The zero-order valence-electron chi connectivity index (χ0n) is 13.4. The maximum atomic E-state index is 11.8. The van der Waals surface area contributed by atoms with Crippen LogP contribution in [-0.2, 0) is 20.7 Å². The maximum Gasteiger partial charge on any atom is 0.407 e. The lowest BCUT2D eigenvalue weighted by Crippen LogP contribution is -2.43. The van der Waals surface area contributed by atoms with Crippen molar-refractivity contribution in [2.45, 2.75) is 45.3 Å². The summed E-state index contributed by atoms with van der Waals surface area (Å²) in [6.45, 7) is 5.23. The predicted octanol–water partition coefficient (Wildman–Crippen LogP) is 0.436. The molecule has 0 unspecified atom stereocenters. The molecule has 128 valence electrons. The second kappa shape index (κ2) is 8.16. The van der Waals surface area contributed by atoms with Gasteiger partial charge in [0, 0.05) is 25.6 Å². The molecule has 9 heteroatoms. The lowest BCUT2D eigenvalue weighted by atomic mass is 10.1. The molecule has 9 nitrogen and oxygen atoms in total. The summed E-state index contributed by atoms with van der Waals surface area (Å²) in [6, 6.07) is -1.08. The van der Waals surface area contributed by atoms with Gasteiger partial charge < -0.3 is 25.5 Å². The van der Waals surface area contributed by atoms with Crippen LogP contribution in [0.5, 0.6) is 0 Å². The number of carbonyl (C=O) groups is 3. The van der Waals surface area contributed by atoms with Crippen LogP contribution in [0.4, 0.5) is 4.79 Å². The molecule has 1 heterocycles. The number of aliphatic carboxylic acids is 1. The van der Waals surface area contributed by atoms with Crippen LogP contribution >= 0.6 is 0 Å². The smallest absolute Gasteiger partial charge is 0.407 e. The minimum atomic E-state index is -1.15. The highest BCUT2D eigenvalue weighted by Crippen LogP contribution is 2.06. The molecule has 0 aliphatic rings. The number of carboxylic acids is 1. The van der Waals surface area contributed by atoms with E-state index in [0.29, 0.717) is 5.69 Å². The number of imidazole rings is 1. The Labute approximate surface area is 133 Å². The first kappa shape index (κ1) is 18.5. The van der Waals surface area contributed by atoms with E-state index in [9.17, 15) is 14.4 Å². The molecule has 0 bridgehead atoms. The van der Waals surface area contributed by atoms with E-state index in [0.717, 1.165) is 0 Å². The largest absolute Gasteiger partial charge is 0.480 e. The van der Waals surface area contributed by atoms with Gasteiger partial charge in [0.25, 0.3) is 0 Å². The Morgan fingerprint density at radius 3 is 2.61 bits per heavy atom. The van der Waals surface area contributed by atoms with Gasteiger partial charge >= 0.3 is 12.1 Å². The van der Waals surface area contributed by atoms with Crippen molar-refractivity contribution in [1.29, 1.82) is 0 Å². The molecule has 23 heavy (non-hydrogen) atoms. The van der Waals surface area contributed by atoms with E-state index in [4.69, 9.17) is 9.84 Å². The summed E-state index contributed by atoms with van der Waals surface area (Å²) < 4.78 is 5.02. The summed E-state index contributed by atoms with van der Waals surface area (Å²) in [4.78, 5) is 41.0. The number of H-pyrrole nitrogens is 1. The number of ether oxygens (including phenoxy) is 1. The first-order chi connectivity index (χ1) is 10.7. The molecule has 0 saturated heterocycles. The second-order valence-electron chi connectivity index (χ2n) is 5.90. The summed E-state index contributed by atoms with van der Waals surface area (Å²) in [5.74, 6) is -1.63. The summed E-state index contributed by atoms with van der Waals surface area (Å²) in [5, 5.41) is 13.9. The first-order valence-electron chi connectivity index (χ1n) is 7.14. The van der Waals surface area contributed by atoms with E-state index in [1.807, 2.05) is 0 Å². The van der Waals surface area contributed by atoms with Gasteiger partial charge in [-0.3, -0.25) is 4.79 Å². The van der Waals surface area contributed by atoms with Crippen molar-refractivity contribution in [3.8, 4) is 0 Å². The minimum Gasteiger partial charge on any atom is -0.480 e. The van der Waals surface area contributed by atoms with Crippen LogP contribution in [0.2, 0.25) is 0 Å². The van der Waals surface area contributed by atoms with Gasteiger partial charge in [0.15, 0.2) is 0 Å². The number of hydrogen-bond acceptors (Lipinski definition) is 5. The number of rotatable bonds is 7. The van der Waals surface area contributed by atoms with E-state index < -0.39 is 29.6 Å². The maximum absolute atomic E-state index is 11.8. The van der Waals surface area contributed by atoms with E-state index >= 15 is 0 Å². The van der Waals surface area contributed by atoms with Crippen molar-refractivity contribution in [1.82, 2.24) is 20.6 Å². The fraction of sp³-hybridized carbons (Fsp3) is 0.571. The first-order valence-corrected chi connectivity index (χ1v) is 7.14. The molecular formula is C14H22N4O5. The number of aromatic amines is 1. The molecule has 0 saturated carbocycles. The monoisotopic (exact) mass is 326 g/mol. The van der Waals surface area contributed by atoms with Crippen LogP contribution in [-0.4, -0.2) is 51.2 Å². The third-order valence-electron chi connectivity index (χ3n) is 2.62. The fourth-order valence-electron chi connectivity index (χ4n) is 1.67. The molecule has 4 N–H and O–H groups in total. The lowest BCUT2D eigenvalue weighted by molar-refractivity contribution is -0.141. The van der Waals surface area contributed by atoms with E-state index in [-0.39, 0.29) is 19.4 Å². The van der Waals surface area contributed by atoms with Gasteiger partial charge in [-0.25, -0.2) is 14.6 Å². The number of carboxylic acid groups (broad SMARTS) is 1. The number of carbonyl (C=O) groups excluding carboxylic acids is 2. The van der Waals surface area contributed by atoms with Crippen LogP contribution in [0.25, 0.3) is 0 Å². The lowest BCUT2D eigenvalue weighted by Gasteiger charge is -2.19. The molecule has 0 aromatic carbocycles. The molecule has 0 aliphatic carbocycles. The average Bonchev–Trinajstić information content (AvgIpc) is 2.88. The van der Waals surface area contributed by atoms with Crippen LogP contribution < -0.4 is 10.6 Å². The number of aromatic nitrogens is 2. The predicted molar refractivity (Wildman–Crippen MR) is 80.7 cm³/mol. The molecule has 0 spiro atoms. The number of amides is 2. The summed E-state index contributed by atoms with van der Waals surface area (Å²) in [5.41, 5.74) is -0.0887. The fourth-order valence-corrected chi connectivity index (χ4v) is 1.67. The van der Waals surface area contributed by atoms with Crippen LogP contribution in [0.1, 0.15) is 32.9 Å². The number of alkyl carbamates (subject to hydrolysis) is 1. The number of nitrogens with zero attached hydrogens (tertiary/aromatic N) is 1. The van der Waals surface area contributed by atoms with Crippen molar-refractivity contribution in [2.24, 2.45) is 0 Å². The minimum absolute atomic E-state index is 0.0511. The molecule has 2 amide bonds. The van der Waals surface area contributed by atoms with Crippen molar-refractivity contribution in [3.63, 3.8) is 0 Å². The highest BCUT2D eigenvalue weighted by molar-refractivity contribution is 5.84. The third-order valence-corrected chi connectivity index (χ3v) is 2.62. The molecule has 0 fully saturated rings. The molecule has 1 atom stereocenters. The second-order valence-corrected chi connectivity index (χ2v) is 5.90. The Bertz CT molecular complexity index is 536. The van der Waals surface area contributed by atoms with Crippen molar-refractivity contribution in [2.75, 3.05) is 6.54 Å². The topological polar surface area (TPSA) is 133 Å². The van der Waals surface area contributed by atoms with Gasteiger partial charge in [0.2, 0.25) is 5.91 Å². The number of nitrogens with one attached hydrogen (secondary N) is 3. The SMILES string of the molecule is CC(C)(C)OC(=O)NCCC(=O)N[C@@H](Cc1c[nH]cn1)C(=O)O. The molecule has 1 rings (SSSR count). The van der Waals surface area contributed by atoms with Crippen molar-refractivity contribution < 1.29 is 24.2 Å². The van der Waals surface area contributed by atoms with Crippen molar-refractivity contribution >= 4 is 18.0 Å². The van der Waals surface area contributed by atoms with Crippen LogP contribution in [0.3, 0.4) is 0 Å². The van der Waals surface area contributed by atoms with Crippen LogP contribution in [0, 0.1) is 0 Å². The van der Waals surface area contributed by atoms with Gasteiger partial charge in [-0.15, -0.1) is 0 Å². The summed E-state index contributed by atoms with van der Waals surface area (Å²) >= 11 is 0. The normalized spacial score (nSPS) is 12.3. The van der Waals surface area contributed by atoms with Gasteiger partial charge in [0.1, 0.15) is 11.6 Å². The highest BCUT2D eigenvalue weighted by atomic mass is 16.6. The Hall–Kier alpha value is -2.58. The zero-order valence-corrected chi connectivity index (χ0v) is 13.4. The Kier molecular flexibility index (Phi) is 6.55. The standard InChI is InChI=1S/C14H22N4O5/c1-14(2,3)23-13(22)16-5-4-11(19)18-10(12(20)21)6-9-7-15-8-17-9/h7-8,10H,4-6H2,1-3H3,(H,15,17)(H,16,22)(H,18,19)(H,20,21)/t10-/m0/s1. The molecule has 1 aromatic heterocycles. The van der Waals surface area contributed by atoms with Gasteiger partial charge in [-0.05, 0) is 20.8 Å². The average molecular weight is 326 g/mol. The Morgan fingerprint density at radius 2 is 2.09 bits per heavy atom. The van der Waals surface area contributed by atoms with E-state index in [1.54, 1.807) is 27.0 Å². The van der Waals surface area contributed by atoms with Gasteiger partial charge in [0.05, 0.1) is 12.0 Å². The molecule has 0 radical (unpaired) electrons. The van der Waals surface area contributed by atoms with Crippen LogP contribution in [0.15, 0.2) is 12.5 Å². The molecular weight excluding hydrogens is 304 g/mol. The van der Waals surface area contributed by atoms with Crippen molar-refractivity contribution in [3.05, 3.63) is 18.2 Å². The zero-order chi connectivity index (χ0) is 17.5. The molecule has 0 aliphatic heterocycles. The Balaban J connectivity index is 2.36. The Morgan fingerprint density at radius 1 is 1.39 bits per heavy atom. The molecule has 1 aromatic rings. The summed E-state index contributed by atoms with van der Waals surface area (Å²) in [6.07, 6.45) is 2.39. The number of hydrogen-bond donors (Lipinski definition) is 4. The quantitative estimate of drug-likeness (QED) is 0.574. The van der Waals surface area contributed by atoms with E-state index in [2.05, 4.69) is 20.6 Å². The third kappa shape index (κ3) is 7.84. The summed E-state index contributed by atoms with van der Waals surface area (Å²) in [7, 11) is 0. The van der Waals surface area contributed by atoms with Gasteiger partial charge in [-0.1, -0.05) is 0 Å². The van der Waals surface area contributed by atoms with E-state index in [1.165, 1.54) is 6.33 Å².